The van der Waals surface area contributed by atoms with Crippen LogP contribution in [-0.4, -0.2) is 28.4 Å². The first-order chi connectivity index (χ1) is 10.3. The number of thioether (sulfide) groups is 1. The van der Waals surface area contributed by atoms with E-state index in [4.69, 9.17) is 4.42 Å². The molecule has 114 valence electrons. The zero-order valence-corrected chi connectivity index (χ0v) is 13.0. The van der Waals surface area contributed by atoms with E-state index in [1.165, 1.54) is 43.0 Å². The molecule has 0 bridgehead atoms. The van der Waals surface area contributed by atoms with Crippen molar-refractivity contribution in [3.05, 3.63) is 17.5 Å². The Bertz CT molecular complexity index is 523. The molecule has 1 N–H and O–H groups in total. The van der Waals surface area contributed by atoms with Crippen LogP contribution in [0.25, 0.3) is 0 Å². The summed E-state index contributed by atoms with van der Waals surface area (Å²) < 4.78 is 5.51. The molecule has 0 radical (unpaired) electrons. The fourth-order valence-corrected chi connectivity index (χ4v) is 3.05. The summed E-state index contributed by atoms with van der Waals surface area (Å²) in [5.74, 6) is 1.56. The Kier molecular flexibility index (Phi) is 4.95. The van der Waals surface area contributed by atoms with Gasteiger partial charge in [0.05, 0.1) is 5.75 Å². The molecule has 1 aromatic rings. The van der Waals surface area contributed by atoms with Crippen LogP contribution in [0.3, 0.4) is 0 Å². The monoisotopic (exact) mass is 307 g/mol. The standard InChI is InChI=1S/C15H21N3O2S/c19-13(16-9-8-11-4-2-1-3-5-11)10-21-15-18-17-14(20-15)12-6-7-12/h4,12H,1-3,5-10H2,(H,16,19). The van der Waals surface area contributed by atoms with Crippen molar-refractivity contribution in [1.82, 2.24) is 15.5 Å². The van der Waals surface area contributed by atoms with Crippen LogP contribution in [-0.2, 0) is 4.79 Å². The van der Waals surface area contributed by atoms with E-state index in [-0.39, 0.29) is 5.91 Å². The Balaban J connectivity index is 1.32. The summed E-state index contributed by atoms with van der Waals surface area (Å²) in [6, 6.07) is 0. The van der Waals surface area contributed by atoms with E-state index < -0.39 is 0 Å². The van der Waals surface area contributed by atoms with Gasteiger partial charge in [0, 0.05) is 12.5 Å². The molecule has 1 amide bonds. The Morgan fingerprint density at radius 3 is 3.05 bits per heavy atom. The van der Waals surface area contributed by atoms with Gasteiger partial charge in [0.1, 0.15) is 0 Å². The summed E-state index contributed by atoms with van der Waals surface area (Å²) in [5, 5.41) is 11.4. The molecule has 0 aromatic carbocycles. The summed E-state index contributed by atoms with van der Waals surface area (Å²) in [4.78, 5) is 11.8. The number of nitrogens with zero attached hydrogens (tertiary/aromatic N) is 2. The first kappa shape index (κ1) is 14.6. The maximum absolute atomic E-state index is 11.8. The Morgan fingerprint density at radius 2 is 2.29 bits per heavy atom. The number of hydrogen-bond donors (Lipinski definition) is 1. The van der Waals surface area contributed by atoms with Gasteiger partial charge in [-0.25, -0.2) is 0 Å². The lowest BCUT2D eigenvalue weighted by molar-refractivity contribution is -0.118. The van der Waals surface area contributed by atoms with E-state index in [1.54, 1.807) is 0 Å². The zero-order chi connectivity index (χ0) is 14.5. The number of nitrogens with one attached hydrogen (secondary N) is 1. The summed E-state index contributed by atoms with van der Waals surface area (Å²) in [7, 11) is 0. The number of rotatable bonds is 7. The molecule has 1 aromatic heterocycles. The quantitative estimate of drug-likeness (QED) is 0.619. The van der Waals surface area contributed by atoms with Crippen molar-refractivity contribution >= 4 is 17.7 Å². The molecule has 6 heteroatoms. The summed E-state index contributed by atoms with van der Waals surface area (Å²) in [6.45, 7) is 0.725. The molecule has 1 heterocycles. The molecule has 5 nitrogen and oxygen atoms in total. The van der Waals surface area contributed by atoms with Gasteiger partial charge in [-0.2, -0.15) is 0 Å². The third kappa shape index (κ3) is 4.59. The van der Waals surface area contributed by atoms with E-state index in [1.807, 2.05) is 0 Å². The van der Waals surface area contributed by atoms with Crippen LogP contribution in [0, 0.1) is 0 Å². The molecule has 2 aliphatic rings. The fraction of sp³-hybridized carbons (Fsp3) is 0.667. The van der Waals surface area contributed by atoms with Crippen molar-refractivity contribution in [3.8, 4) is 0 Å². The third-order valence-electron chi connectivity index (χ3n) is 3.83. The van der Waals surface area contributed by atoms with Gasteiger partial charge >= 0.3 is 0 Å². The minimum absolute atomic E-state index is 0.0302. The van der Waals surface area contributed by atoms with E-state index in [9.17, 15) is 4.79 Å². The van der Waals surface area contributed by atoms with Crippen LogP contribution in [0.5, 0.6) is 0 Å². The predicted octanol–water partition coefficient (Wildman–Crippen LogP) is 3.05. The minimum atomic E-state index is 0.0302. The first-order valence-corrected chi connectivity index (χ1v) is 8.70. The molecule has 1 fully saturated rings. The van der Waals surface area contributed by atoms with Gasteiger partial charge < -0.3 is 9.73 Å². The average molecular weight is 307 g/mol. The summed E-state index contributed by atoms with van der Waals surface area (Å²) >= 11 is 1.31. The van der Waals surface area contributed by atoms with Crippen molar-refractivity contribution in [3.63, 3.8) is 0 Å². The summed E-state index contributed by atoms with van der Waals surface area (Å²) in [6.07, 6.45) is 10.6. The second-order valence-electron chi connectivity index (χ2n) is 5.68. The number of aromatic nitrogens is 2. The molecule has 3 rings (SSSR count). The second kappa shape index (κ2) is 7.11. The van der Waals surface area contributed by atoms with Crippen LogP contribution < -0.4 is 5.32 Å². The normalized spacial score (nSPS) is 18.4. The van der Waals surface area contributed by atoms with Gasteiger partial charge in [0.25, 0.3) is 5.22 Å². The van der Waals surface area contributed by atoms with Gasteiger partial charge in [-0.15, -0.1) is 10.2 Å². The lowest BCUT2D eigenvalue weighted by atomic mass is 9.97. The van der Waals surface area contributed by atoms with Crippen molar-refractivity contribution < 1.29 is 9.21 Å². The van der Waals surface area contributed by atoms with Crippen molar-refractivity contribution in [2.75, 3.05) is 12.3 Å². The van der Waals surface area contributed by atoms with Gasteiger partial charge in [0.15, 0.2) is 0 Å². The number of allylic oxidation sites excluding steroid dienone is 1. The minimum Gasteiger partial charge on any atom is -0.416 e. The van der Waals surface area contributed by atoms with Gasteiger partial charge in [-0.1, -0.05) is 23.4 Å². The highest BCUT2D eigenvalue weighted by Gasteiger charge is 2.29. The molecule has 0 unspecified atom stereocenters. The van der Waals surface area contributed by atoms with Crippen molar-refractivity contribution in [1.29, 1.82) is 0 Å². The van der Waals surface area contributed by atoms with Crippen molar-refractivity contribution in [2.24, 2.45) is 0 Å². The summed E-state index contributed by atoms with van der Waals surface area (Å²) in [5.41, 5.74) is 1.49. The van der Waals surface area contributed by atoms with Gasteiger partial charge in [-0.3, -0.25) is 4.79 Å². The van der Waals surface area contributed by atoms with Crippen LogP contribution in [0.15, 0.2) is 21.3 Å². The first-order valence-electron chi connectivity index (χ1n) is 7.72. The number of carbonyl (C=O) groups is 1. The molecule has 1 saturated carbocycles. The average Bonchev–Trinajstić information content (AvgIpc) is 3.25. The highest BCUT2D eigenvalue weighted by Crippen LogP contribution is 2.39. The predicted molar refractivity (Wildman–Crippen MR) is 81.2 cm³/mol. The molecule has 21 heavy (non-hydrogen) atoms. The Labute approximate surface area is 129 Å². The largest absolute Gasteiger partial charge is 0.416 e. The molecular weight excluding hydrogens is 286 g/mol. The van der Waals surface area contributed by atoms with Gasteiger partial charge in [-0.05, 0) is 44.9 Å². The van der Waals surface area contributed by atoms with Crippen LogP contribution in [0.4, 0.5) is 0 Å². The van der Waals surface area contributed by atoms with Crippen LogP contribution in [0.2, 0.25) is 0 Å². The van der Waals surface area contributed by atoms with Gasteiger partial charge in [0.2, 0.25) is 11.8 Å². The van der Waals surface area contributed by atoms with Crippen LogP contribution in [0.1, 0.15) is 56.8 Å². The molecule has 0 atom stereocenters. The maximum Gasteiger partial charge on any atom is 0.277 e. The molecule has 0 spiro atoms. The topological polar surface area (TPSA) is 68.0 Å². The van der Waals surface area contributed by atoms with E-state index >= 15 is 0 Å². The Hall–Kier alpha value is -1.30. The number of carbonyl (C=O) groups excluding carboxylic acids is 1. The smallest absolute Gasteiger partial charge is 0.277 e. The van der Waals surface area contributed by atoms with E-state index in [0.717, 1.165) is 31.7 Å². The fourth-order valence-electron chi connectivity index (χ4n) is 2.45. The highest BCUT2D eigenvalue weighted by molar-refractivity contribution is 7.99. The zero-order valence-electron chi connectivity index (χ0n) is 12.1. The van der Waals surface area contributed by atoms with E-state index in [2.05, 4.69) is 21.6 Å². The Morgan fingerprint density at radius 1 is 1.38 bits per heavy atom. The molecule has 2 aliphatic carbocycles. The maximum atomic E-state index is 11.8. The van der Waals surface area contributed by atoms with Crippen molar-refractivity contribution in [2.45, 2.75) is 56.1 Å². The number of amides is 1. The highest BCUT2D eigenvalue weighted by atomic mass is 32.2. The third-order valence-corrected chi connectivity index (χ3v) is 4.65. The molecular formula is C15H21N3O2S. The molecule has 0 saturated heterocycles. The van der Waals surface area contributed by atoms with E-state index in [0.29, 0.717) is 16.9 Å². The number of hydrogen-bond acceptors (Lipinski definition) is 5. The SMILES string of the molecule is O=C(CSc1nnc(C2CC2)o1)NCCC1=CCCCC1. The lowest BCUT2D eigenvalue weighted by Gasteiger charge is -2.12. The lowest BCUT2D eigenvalue weighted by Crippen LogP contribution is -2.26. The second-order valence-corrected chi connectivity index (χ2v) is 6.60. The van der Waals surface area contributed by atoms with Crippen LogP contribution >= 0.6 is 11.8 Å². The molecule has 0 aliphatic heterocycles.